The maximum Gasteiger partial charge on any atom is 0.325 e. The zero-order valence-corrected chi connectivity index (χ0v) is 18.0. The number of amides is 4. The third kappa shape index (κ3) is 4.11. The fourth-order valence-corrected chi connectivity index (χ4v) is 4.75. The van der Waals surface area contributed by atoms with E-state index in [1.54, 1.807) is 12.1 Å². The van der Waals surface area contributed by atoms with Gasteiger partial charge >= 0.3 is 6.03 Å². The van der Waals surface area contributed by atoms with Crippen molar-refractivity contribution in [2.24, 2.45) is 0 Å². The van der Waals surface area contributed by atoms with Gasteiger partial charge in [0.2, 0.25) is 5.91 Å². The van der Waals surface area contributed by atoms with E-state index < -0.39 is 17.5 Å². The fourth-order valence-electron chi connectivity index (χ4n) is 4.58. The van der Waals surface area contributed by atoms with Gasteiger partial charge in [-0.3, -0.25) is 14.5 Å². The summed E-state index contributed by atoms with van der Waals surface area (Å²) in [5.74, 6) is -0.697. The Morgan fingerprint density at radius 1 is 1.13 bits per heavy atom. The van der Waals surface area contributed by atoms with Crippen molar-refractivity contribution in [3.05, 3.63) is 23.2 Å². The molecule has 9 heteroatoms. The topological polar surface area (TPSA) is 85.0 Å². The largest absolute Gasteiger partial charge is 0.367 e. The molecule has 1 aromatic rings. The first-order valence-corrected chi connectivity index (χ1v) is 10.9. The number of hydrogen-bond donors (Lipinski definition) is 2. The minimum absolute atomic E-state index is 0.285. The smallest absolute Gasteiger partial charge is 0.325 e. The SMILES string of the molecule is CN1CCN(c2ccc(Cl)cc2NC(=O)CN2C(=O)NC3(CCCCC3)C2=O)CC1. The van der Waals surface area contributed by atoms with Crippen LogP contribution in [0.5, 0.6) is 0 Å². The van der Waals surface area contributed by atoms with Gasteiger partial charge in [0, 0.05) is 31.2 Å². The van der Waals surface area contributed by atoms with Crippen LogP contribution in [0.25, 0.3) is 0 Å². The summed E-state index contributed by atoms with van der Waals surface area (Å²) >= 11 is 6.17. The Balaban J connectivity index is 1.46. The zero-order valence-electron chi connectivity index (χ0n) is 17.2. The molecule has 3 fully saturated rings. The summed E-state index contributed by atoms with van der Waals surface area (Å²) in [4.78, 5) is 43.6. The van der Waals surface area contributed by atoms with Crippen LogP contribution in [-0.2, 0) is 9.59 Å². The molecule has 30 heavy (non-hydrogen) atoms. The standard InChI is InChI=1S/C21H28ClN5O3/c1-25-9-11-26(12-10-25)17-6-5-15(22)13-16(17)23-18(28)14-27-19(29)21(24-20(27)30)7-3-2-4-8-21/h5-6,13H,2-4,7-12,14H2,1H3,(H,23,28)(H,24,30). The van der Waals surface area contributed by atoms with E-state index in [0.29, 0.717) is 23.6 Å². The highest BCUT2D eigenvalue weighted by Gasteiger charge is 2.51. The lowest BCUT2D eigenvalue weighted by molar-refractivity contribution is -0.134. The Labute approximate surface area is 181 Å². The lowest BCUT2D eigenvalue weighted by atomic mass is 9.82. The Morgan fingerprint density at radius 2 is 1.83 bits per heavy atom. The fraction of sp³-hybridized carbons (Fsp3) is 0.571. The molecule has 2 aliphatic heterocycles. The summed E-state index contributed by atoms with van der Waals surface area (Å²) in [6.45, 7) is 3.25. The zero-order chi connectivity index (χ0) is 21.3. The first-order valence-electron chi connectivity index (χ1n) is 10.5. The minimum Gasteiger partial charge on any atom is -0.367 e. The highest BCUT2D eigenvalue weighted by atomic mass is 35.5. The number of nitrogens with zero attached hydrogens (tertiary/aromatic N) is 3. The maximum absolute atomic E-state index is 12.9. The molecule has 1 saturated carbocycles. The number of rotatable bonds is 4. The predicted octanol–water partition coefficient (Wildman–Crippen LogP) is 2.29. The van der Waals surface area contributed by atoms with Crippen LogP contribution >= 0.6 is 11.6 Å². The van der Waals surface area contributed by atoms with Gasteiger partial charge in [-0.05, 0) is 38.1 Å². The number of imide groups is 1. The van der Waals surface area contributed by atoms with Gasteiger partial charge in [-0.15, -0.1) is 0 Å². The van der Waals surface area contributed by atoms with Crippen LogP contribution in [-0.4, -0.2) is 73.0 Å². The Hall–Kier alpha value is -2.32. The number of carbonyl (C=O) groups excluding carboxylic acids is 3. The lowest BCUT2D eigenvalue weighted by Crippen LogP contribution is -2.48. The van der Waals surface area contributed by atoms with Gasteiger partial charge in [-0.25, -0.2) is 4.79 Å². The number of anilines is 2. The van der Waals surface area contributed by atoms with Crippen LogP contribution in [0.1, 0.15) is 32.1 Å². The molecule has 8 nitrogen and oxygen atoms in total. The molecule has 0 radical (unpaired) electrons. The van der Waals surface area contributed by atoms with E-state index in [4.69, 9.17) is 11.6 Å². The molecular formula is C21H28ClN5O3. The predicted molar refractivity (Wildman–Crippen MR) is 116 cm³/mol. The summed E-state index contributed by atoms with van der Waals surface area (Å²) in [6.07, 6.45) is 4.15. The molecule has 3 aliphatic rings. The van der Waals surface area contributed by atoms with Crippen molar-refractivity contribution in [3.8, 4) is 0 Å². The molecule has 2 saturated heterocycles. The quantitative estimate of drug-likeness (QED) is 0.711. The normalized spacial score (nSPS) is 21.8. The highest BCUT2D eigenvalue weighted by molar-refractivity contribution is 6.31. The summed E-state index contributed by atoms with van der Waals surface area (Å²) in [6, 6.07) is 4.92. The van der Waals surface area contributed by atoms with Crippen molar-refractivity contribution < 1.29 is 14.4 Å². The first kappa shape index (κ1) is 20.9. The number of urea groups is 1. The van der Waals surface area contributed by atoms with Gasteiger partial charge in [-0.2, -0.15) is 0 Å². The van der Waals surface area contributed by atoms with Gasteiger partial charge in [0.25, 0.3) is 5.91 Å². The minimum atomic E-state index is -0.823. The summed E-state index contributed by atoms with van der Waals surface area (Å²) in [5, 5.41) is 6.22. The Morgan fingerprint density at radius 3 is 2.53 bits per heavy atom. The second-order valence-corrected chi connectivity index (χ2v) is 8.90. The van der Waals surface area contributed by atoms with Gasteiger partial charge in [0.1, 0.15) is 12.1 Å². The molecule has 162 valence electrons. The summed E-state index contributed by atoms with van der Waals surface area (Å²) in [5.41, 5.74) is 0.662. The van der Waals surface area contributed by atoms with Crippen LogP contribution in [0, 0.1) is 0 Å². The molecule has 2 N–H and O–H groups in total. The number of halogens is 1. The van der Waals surface area contributed by atoms with Gasteiger partial charge in [-0.1, -0.05) is 30.9 Å². The second-order valence-electron chi connectivity index (χ2n) is 8.46. The number of likely N-dealkylation sites (N-methyl/N-ethyl adjacent to an activating group) is 1. The average molecular weight is 434 g/mol. The van der Waals surface area contributed by atoms with Crippen LogP contribution in [0.2, 0.25) is 5.02 Å². The van der Waals surface area contributed by atoms with Crippen LogP contribution < -0.4 is 15.5 Å². The molecule has 0 bridgehead atoms. The number of hydrogen-bond acceptors (Lipinski definition) is 5. The van der Waals surface area contributed by atoms with Gasteiger partial charge in [0.05, 0.1) is 11.4 Å². The monoisotopic (exact) mass is 433 g/mol. The summed E-state index contributed by atoms with van der Waals surface area (Å²) < 4.78 is 0. The number of carbonyl (C=O) groups is 3. The lowest BCUT2D eigenvalue weighted by Gasteiger charge is -2.35. The second kappa shape index (κ2) is 8.43. The van der Waals surface area contributed by atoms with Crippen molar-refractivity contribution in [1.82, 2.24) is 15.1 Å². The maximum atomic E-state index is 12.9. The van der Waals surface area contributed by atoms with E-state index in [9.17, 15) is 14.4 Å². The molecule has 2 heterocycles. The van der Waals surface area contributed by atoms with Gasteiger partial charge in [0.15, 0.2) is 0 Å². The van der Waals surface area contributed by atoms with Crippen LogP contribution in [0.4, 0.5) is 16.2 Å². The molecule has 0 unspecified atom stereocenters. The first-order chi connectivity index (χ1) is 14.4. The summed E-state index contributed by atoms with van der Waals surface area (Å²) in [7, 11) is 2.08. The molecule has 1 spiro atoms. The molecule has 4 rings (SSSR count). The molecule has 4 amide bonds. The van der Waals surface area contributed by atoms with E-state index in [2.05, 4.69) is 27.5 Å². The number of nitrogens with one attached hydrogen (secondary N) is 2. The van der Waals surface area contributed by atoms with Crippen molar-refractivity contribution in [1.29, 1.82) is 0 Å². The van der Waals surface area contributed by atoms with E-state index in [0.717, 1.165) is 56.0 Å². The Kier molecular flexibility index (Phi) is 5.88. The third-order valence-electron chi connectivity index (χ3n) is 6.33. The van der Waals surface area contributed by atoms with E-state index in [-0.39, 0.29) is 12.5 Å². The highest BCUT2D eigenvalue weighted by Crippen LogP contribution is 2.34. The molecule has 1 aliphatic carbocycles. The third-order valence-corrected chi connectivity index (χ3v) is 6.57. The van der Waals surface area contributed by atoms with Crippen molar-refractivity contribution in [2.75, 3.05) is 50.0 Å². The molecule has 0 atom stereocenters. The number of piperazine rings is 1. The number of benzene rings is 1. The Bertz CT molecular complexity index is 847. The van der Waals surface area contributed by atoms with Crippen LogP contribution in [0.3, 0.4) is 0 Å². The van der Waals surface area contributed by atoms with Gasteiger partial charge < -0.3 is 20.4 Å². The average Bonchev–Trinajstić information content (AvgIpc) is 2.93. The molecule has 0 aromatic heterocycles. The molecular weight excluding hydrogens is 406 g/mol. The molecule has 1 aromatic carbocycles. The van der Waals surface area contributed by atoms with E-state index in [1.807, 2.05) is 6.07 Å². The van der Waals surface area contributed by atoms with Crippen molar-refractivity contribution in [3.63, 3.8) is 0 Å². The van der Waals surface area contributed by atoms with E-state index in [1.165, 1.54) is 0 Å². The van der Waals surface area contributed by atoms with Crippen molar-refractivity contribution >= 4 is 40.8 Å². The van der Waals surface area contributed by atoms with Crippen molar-refractivity contribution in [2.45, 2.75) is 37.6 Å². The van der Waals surface area contributed by atoms with E-state index >= 15 is 0 Å². The van der Waals surface area contributed by atoms with Crippen LogP contribution in [0.15, 0.2) is 18.2 Å².